The van der Waals surface area contributed by atoms with Crippen molar-refractivity contribution in [1.82, 2.24) is 4.98 Å². The third-order valence-electron chi connectivity index (χ3n) is 3.30. The quantitative estimate of drug-likeness (QED) is 0.828. The highest BCUT2D eigenvalue weighted by molar-refractivity contribution is 5.44. The lowest BCUT2D eigenvalue weighted by molar-refractivity contribution is 0.398. The van der Waals surface area contributed by atoms with Crippen LogP contribution in [0.4, 0.5) is 5.69 Å². The molecule has 88 valence electrons. The van der Waals surface area contributed by atoms with Crippen molar-refractivity contribution in [3.05, 3.63) is 18.3 Å². The van der Waals surface area contributed by atoms with Crippen molar-refractivity contribution in [3.8, 4) is 5.88 Å². The van der Waals surface area contributed by atoms with E-state index in [1.807, 2.05) is 12.1 Å². The molecule has 1 aliphatic rings. The van der Waals surface area contributed by atoms with Crippen LogP contribution in [0.25, 0.3) is 0 Å². The number of aromatic nitrogens is 1. The van der Waals surface area contributed by atoms with Crippen LogP contribution in [0.3, 0.4) is 0 Å². The number of nitrogens with zero attached hydrogens (tertiary/aromatic N) is 1. The number of pyridine rings is 1. The first-order valence-corrected chi connectivity index (χ1v) is 6.12. The van der Waals surface area contributed by atoms with Crippen molar-refractivity contribution in [2.75, 3.05) is 19.0 Å². The lowest BCUT2D eigenvalue weighted by Gasteiger charge is -2.11. The van der Waals surface area contributed by atoms with E-state index in [1.165, 1.54) is 32.1 Å². The monoisotopic (exact) mass is 220 g/mol. The third-order valence-corrected chi connectivity index (χ3v) is 3.30. The lowest BCUT2D eigenvalue weighted by atomic mass is 10.0. The molecule has 2 rings (SSSR count). The molecule has 0 aliphatic heterocycles. The lowest BCUT2D eigenvalue weighted by Crippen LogP contribution is -2.06. The number of nitrogens with one attached hydrogen (secondary N) is 1. The minimum atomic E-state index is 0.672. The number of ether oxygens (including phenoxy) is 1. The Morgan fingerprint density at radius 3 is 3.00 bits per heavy atom. The Bertz CT molecular complexity index is 321. The van der Waals surface area contributed by atoms with Gasteiger partial charge < -0.3 is 10.1 Å². The molecule has 1 aromatic heterocycles. The zero-order valence-electron chi connectivity index (χ0n) is 9.91. The Kier molecular flexibility index (Phi) is 4.03. The van der Waals surface area contributed by atoms with Crippen LogP contribution in [0.15, 0.2) is 18.3 Å². The molecule has 0 bridgehead atoms. The first-order chi connectivity index (χ1) is 7.88. The van der Waals surface area contributed by atoms with Gasteiger partial charge in [0.05, 0.1) is 7.11 Å². The SMILES string of the molecule is COc1cc(NCCC2CCCC2)ccn1. The van der Waals surface area contributed by atoms with Gasteiger partial charge in [0.15, 0.2) is 0 Å². The fourth-order valence-electron chi connectivity index (χ4n) is 2.35. The Balaban J connectivity index is 1.75. The highest BCUT2D eigenvalue weighted by atomic mass is 16.5. The molecule has 1 aliphatic carbocycles. The molecule has 1 aromatic rings. The Hall–Kier alpha value is -1.25. The molecule has 0 unspecified atom stereocenters. The molecule has 0 amide bonds. The average molecular weight is 220 g/mol. The zero-order chi connectivity index (χ0) is 11.2. The van der Waals surface area contributed by atoms with Gasteiger partial charge in [0.1, 0.15) is 0 Å². The van der Waals surface area contributed by atoms with Crippen LogP contribution in [0.5, 0.6) is 5.88 Å². The van der Waals surface area contributed by atoms with Gasteiger partial charge in [-0.25, -0.2) is 4.98 Å². The Morgan fingerprint density at radius 2 is 2.25 bits per heavy atom. The van der Waals surface area contributed by atoms with E-state index < -0.39 is 0 Å². The van der Waals surface area contributed by atoms with Crippen molar-refractivity contribution >= 4 is 5.69 Å². The first-order valence-electron chi connectivity index (χ1n) is 6.12. The van der Waals surface area contributed by atoms with Crippen LogP contribution >= 0.6 is 0 Å². The molecule has 1 heterocycles. The molecular formula is C13H20N2O. The molecule has 3 nitrogen and oxygen atoms in total. The highest BCUT2D eigenvalue weighted by Gasteiger charge is 2.13. The van der Waals surface area contributed by atoms with Crippen LogP contribution in [-0.4, -0.2) is 18.6 Å². The van der Waals surface area contributed by atoms with Crippen LogP contribution in [-0.2, 0) is 0 Å². The molecule has 3 heteroatoms. The van der Waals surface area contributed by atoms with E-state index in [1.54, 1.807) is 13.3 Å². The standard InChI is InChI=1S/C13H20N2O/c1-16-13-10-12(7-9-15-13)14-8-6-11-4-2-3-5-11/h7,9-11H,2-6,8H2,1H3,(H,14,15). The summed E-state index contributed by atoms with van der Waals surface area (Å²) in [5, 5.41) is 3.43. The minimum absolute atomic E-state index is 0.672. The Labute approximate surface area is 97.2 Å². The van der Waals surface area contributed by atoms with Gasteiger partial charge >= 0.3 is 0 Å². The summed E-state index contributed by atoms with van der Waals surface area (Å²) in [5.74, 6) is 1.61. The smallest absolute Gasteiger partial charge is 0.214 e. The number of methoxy groups -OCH3 is 1. The summed E-state index contributed by atoms with van der Waals surface area (Å²) in [4.78, 5) is 4.08. The summed E-state index contributed by atoms with van der Waals surface area (Å²) in [6.45, 7) is 1.05. The maximum absolute atomic E-state index is 5.08. The Morgan fingerprint density at radius 1 is 1.44 bits per heavy atom. The number of rotatable bonds is 5. The second-order valence-electron chi connectivity index (χ2n) is 4.45. The molecule has 1 fully saturated rings. The van der Waals surface area contributed by atoms with Gasteiger partial charge in [-0.2, -0.15) is 0 Å². The maximum Gasteiger partial charge on any atom is 0.214 e. The predicted octanol–water partition coefficient (Wildman–Crippen LogP) is 3.08. The number of hydrogen-bond donors (Lipinski definition) is 1. The molecule has 0 aromatic carbocycles. The third kappa shape index (κ3) is 3.12. The fourth-order valence-corrected chi connectivity index (χ4v) is 2.35. The van der Waals surface area contributed by atoms with Gasteiger partial charge in [-0.05, 0) is 18.4 Å². The minimum Gasteiger partial charge on any atom is -0.481 e. The van der Waals surface area contributed by atoms with Gasteiger partial charge in [-0.1, -0.05) is 25.7 Å². The second-order valence-corrected chi connectivity index (χ2v) is 4.45. The fraction of sp³-hybridized carbons (Fsp3) is 0.615. The van der Waals surface area contributed by atoms with Crippen LogP contribution in [0.2, 0.25) is 0 Å². The summed E-state index contributed by atoms with van der Waals surface area (Å²) in [5.41, 5.74) is 1.10. The summed E-state index contributed by atoms with van der Waals surface area (Å²) >= 11 is 0. The second kappa shape index (κ2) is 5.73. The van der Waals surface area contributed by atoms with Crippen molar-refractivity contribution in [2.24, 2.45) is 5.92 Å². The van der Waals surface area contributed by atoms with E-state index >= 15 is 0 Å². The molecule has 16 heavy (non-hydrogen) atoms. The summed E-state index contributed by atoms with van der Waals surface area (Å²) < 4.78 is 5.08. The number of anilines is 1. The largest absolute Gasteiger partial charge is 0.481 e. The molecule has 0 radical (unpaired) electrons. The van der Waals surface area contributed by atoms with Gasteiger partial charge in [0.2, 0.25) is 5.88 Å². The van der Waals surface area contributed by atoms with E-state index in [2.05, 4.69) is 10.3 Å². The summed E-state index contributed by atoms with van der Waals surface area (Å²) in [7, 11) is 1.64. The van der Waals surface area contributed by atoms with Crippen LogP contribution < -0.4 is 10.1 Å². The highest BCUT2D eigenvalue weighted by Crippen LogP contribution is 2.27. The van der Waals surface area contributed by atoms with E-state index in [4.69, 9.17) is 4.74 Å². The normalized spacial score (nSPS) is 16.3. The van der Waals surface area contributed by atoms with E-state index in [-0.39, 0.29) is 0 Å². The molecule has 0 saturated heterocycles. The van der Waals surface area contributed by atoms with Crippen molar-refractivity contribution in [3.63, 3.8) is 0 Å². The van der Waals surface area contributed by atoms with Crippen molar-refractivity contribution in [1.29, 1.82) is 0 Å². The first kappa shape index (κ1) is 11.2. The maximum atomic E-state index is 5.08. The summed E-state index contributed by atoms with van der Waals surface area (Å²) in [6, 6.07) is 3.92. The van der Waals surface area contributed by atoms with Crippen LogP contribution in [0, 0.1) is 5.92 Å². The van der Waals surface area contributed by atoms with Gasteiger partial charge in [0, 0.05) is 24.5 Å². The molecule has 0 spiro atoms. The van der Waals surface area contributed by atoms with E-state index in [0.717, 1.165) is 18.2 Å². The van der Waals surface area contributed by atoms with E-state index in [0.29, 0.717) is 5.88 Å². The topological polar surface area (TPSA) is 34.1 Å². The predicted molar refractivity (Wildman–Crippen MR) is 65.9 cm³/mol. The van der Waals surface area contributed by atoms with Gasteiger partial charge in [-0.3, -0.25) is 0 Å². The zero-order valence-corrected chi connectivity index (χ0v) is 9.91. The number of hydrogen-bond acceptors (Lipinski definition) is 3. The van der Waals surface area contributed by atoms with Crippen molar-refractivity contribution in [2.45, 2.75) is 32.1 Å². The van der Waals surface area contributed by atoms with Crippen LogP contribution in [0.1, 0.15) is 32.1 Å². The van der Waals surface area contributed by atoms with Gasteiger partial charge in [-0.15, -0.1) is 0 Å². The molecular weight excluding hydrogens is 200 g/mol. The van der Waals surface area contributed by atoms with Gasteiger partial charge in [0.25, 0.3) is 0 Å². The summed E-state index contributed by atoms with van der Waals surface area (Å²) in [6.07, 6.45) is 8.74. The molecule has 1 N–H and O–H groups in total. The average Bonchev–Trinajstić information content (AvgIpc) is 2.82. The van der Waals surface area contributed by atoms with Crippen molar-refractivity contribution < 1.29 is 4.74 Å². The molecule has 0 atom stereocenters. The van der Waals surface area contributed by atoms with E-state index in [9.17, 15) is 0 Å². The molecule has 1 saturated carbocycles.